The lowest BCUT2D eigenvalue weighted by Crippen LogP contribution is -1.93. The summed E-state index contributed by atoms with van der Waals surface area (Å²) < 4.78 is 0. The first-order valence-corrected chi connectivity index (χ1v) is 10.0. The topological polar surface area (TPSA) is 36.0 Å². The Bertz CT molecular complexity index is 1100. The molecule has 3 aromatic carbocycles. The van der Waals surface area contributed by atoms with Gasteiger partial charge in [-0.05, 0) is 59.9 Å². The molecule has 4 rings (SSSR count). The van der Waals surface area contributed by atoms with Crippen LogP contribution in [-0.4, -0.2) is 10.1 Å². The van der Waals surface area contributed by atoms with Gasteiger partial charge in [-0.2, -0.15) is 0 Å². The Morgan fingerprint density at radius 1 is 0.926 bits per heavy atom. The van der Waals surface area contributed by atoms with E-state index >= 15 is 0 Å². The summed E-state index contributed by atoms with van der Waals surface area (Å²) in [6, 6.07) is 23.1. The lowest BCUT2D eigenvalue weighted by atomic mass is 9.95. The van der Waals surface area contributed by atoms with E-state index in [9.17, 15) is 5.11 Å². The molecule has 0 spiro atoms. The van der Waals surface area contributed by atoms with Crippen LogP contribution in [0.2, 0.25) is 0 Å². The summed E-state index contributed by atoms with van der Waals surface area (Å²) in [7, 11) is 0. The third kappa shape index (κ3) is 3.35. The molecule has 2 nitrogen and oxygen atoms in total. The highest BCUT2D eigenvalue weighted by atomic mass is 32.2. The van der Waals surface area contributed by atoms with Gasteiger partial charge in [0.1, 0.15) is 5.75 Å². The molecule has 0 aliphatic carbocycles. The van der Waals surface area contributed by atoms with E-state index in [0.717, 1.165) is 27.9 Å². The second-order valence-corrected chi connectivity index (χ2v) is 8.26. The van der Waals surface area contributed by atoms with E-state index in [-0.39, 0.29) is 5.92 Å². The molecule has 136 valence electrons. The molecule has 0 fully saturated rings. The van der Waals surface area contributed by atoms with Crippen LogP contribution in [-0.2, 0) is 0 Å². The van der Waals surface area contributed by atoms with Gasteiger partial charge in [0.05, 0.1) is 5.69 Å². The molecule has 4 aromatic rings. The first-order valence-electron chi connectivity index (χ1n) is 9.22. The van der Waals surface area contributed by atoms with Gasteiger partial charge in [0.15, 0.2) is 0 Å². The average Bonchev–Trinajstić information content (AvgIpc) is 3.03. The van der Waals surface area contributed by atoms with Crippen LogP contribution in [0.1, 0.15) is 30.9 Å². The van der Waals surface area contributed by atoms with Crippen molar-refractivity contribution in [1.29, 1.82) is 0 Å². The number of aryl methyl sites for hydroxylation is 1. The van der Waals surface area contributed by atoms with Crippen LogP contribution in [0.15, 0.2) is 76.5 Å². The Balaban J connectivity index is 1.93. The van der Waals surface area contributed by atoms with Crippen LogP contribution >= 0.6 is 11.8 Å². The van der Waals surface area contributed by atoms with E-state index in [0.29, 0.717) is 5.75 Å². The van der Waals surface area contributed by atoms with E-state index in [2.05, 4.69) is 79.5 Å². The van der Waals surface area contributed by atoms with Crippen molar-refractivity contribution in [2.24, 2.45) is 0 Å². The van der Waals surface area contributed by atoms with E-state index < -0.39 is 0 Å². The number of fused-ring (bicyclic) bond motifs is 1. The van der Waals surface area contributed by atoms with E-state index in [1.165, 1.54) is 15.2 Å². The quantitative estimate of drug-likeness (QED) is 0.399. The molecule has 0 amide bonds. The number of aromatic amines is 1. The van der Waals surface area contributed by atoms with Crippen molar-refractivity contribution in [2.75, 3.05) is 0 Å². The zero-order valence-corrected chi connectivity index (χ0v) is 16.6. The number of benzene rings is 3. The van der Waals surface area contributed by atoms with Crippen LogP contribution in [0, 0.1) is 6.92 Å². The number of phenols is 1. The number of nitrogens with one attached hydrogen (secondary N) is 1. The summed E-state index contributed by atoms with van der Waals surface area (Å²) in [5.74, 6) is 0.667. The van der Waals surface area contributed by atoms with Crippen molar-refractivity contribution in [3.63, 3.8) is 0 Å². The maximum atomic E-state index is 10.5. The molecule has 0 saturated carbocycles. The predicted molar refractivity (Wildman–Crippen MR) is 115 cm³/mol. The molecule has 0 aliphatic rings. The summed E-state index contributed by atoms with van der Waals surface area (Å²) in [4.78, 5) is 6.04. The van der Waals surface area contributed by atoms with Crippen LogP contribution < -0.4 is 0 Å². The molecule has 0 atom stereocenters. The monoisotopic (exact) mass is 373 g/mol. The summed E-state index contributed by atoms with van der Waals surface area (Å²) in [5.41, 5.74) is 5.24. The fourth-order valence-electron chi connectivity index (χ4n) is 3.42. The van der Waals surface area contributed by atoms with Gasteiger partial charge in [-0.15, -0.1) is 0 Å². The van der Waals surface area contributed by atoms with Crippen LogP contribution in [0.4, 0.5) is 0 Å². The third-order valence-electron chi connectivity index (χ3n) is 4.86. The average molecular weight is 374 g/mol. The van der Waals surface area contributed by atoms with Crippen LogP contribution in [0.25, 0.3) is 22.2 Å². The normalized spacial score (nSPS) is 11.4. The fraction of sp³-hybridized carbons (Fsp3) is 0.167. The van der Waals surface area contributed by atoms with Crippen molar-refractivity contribution in [2.45, 2.75) is 36.5 Å². The molecule has 0 bridgehead atoms. The molecule has 0 radical (unpaired) electrons. The maximum absolute atomic E-state index is 10.5. The molecule has 1 heterocycles. The van der Waals surface area contributed by atoms with Gasteiger partial charge in [0.2, 0.25) is 0 Å². The molecule has 2 N–H and O–H groups in total. The summed E-state index contributed by atoms with van der Waals surface area (Å²) in [5, 5.41) is 11.7. The Hall–Kier alpha value is -2.65. The lowest BCUT2D eigenvalue weighted by molar-refractivity contribution is 0.461. The van der Waals surface area contributed by atoms with Crippen molar-refractivity contribution in [3.05, 3.63) is 77.9 Å². The highest BCUT2D eigenvalue weighted by Gasteiger charge is 2.18. The maximum Gasteiger partial charge on any atom is 0.121 e. The van der Waals surface area contributed by atoms with Crippen molar-refractivity contribution < 1.29 is 5.11 Å². The minimum absolute atomic E-state index is 0.262. The first-order chi connectivity index (χ1) is 13.0. The molecule has 1 aromatic heterocycles. The van der Waals surface area contributed by atoms with E-state index in [1.807, 2.05) is 13.0 Å². The predicted octanol–water partition coefficient (Wildman–Crippen LogP) is 7.12. The molecule has 27 heavy (non-hydrogen) atoms. The standard InChI is InChI=1S/C24H23NOS/c1-15(2)20-14-17(13-16(3)23(20)26)22-24(27-18-9-5-4-6-10-18)19-11-7-8-12-21(19)25-22/h4-15,25-26H,1-3H3. The summed E-state index contributed by atoms with van der Waals surface area (Å²) in [6.45, 7) is 6.20. The number of hydrogen-bond donors (Lipinski definition) is 2. The van der Waals surface area contributed by atoms with Gasteiger partial charge in [-0.25, -0.2) is 0 Å². The van der Waals surface area contributed by atoms with Gasteiger partial charge in [0, 0.05) is 20.7 Å². The smallest absolute Gasteiger partial charge is 0.121 e. The molecule has 0 saturated heterocycles. The largest absolute Gasteiger partial charge is 0.507 e. The second-order valence-electron chi connectivity index (χ2n) is 7.18. The Morgan fingerprint density at radius 3 is 2.37 bits per heavy atom. The van der Waals surface area contributed by atoms with Gasteiger partial charge >= 0.3 is 0 Å². The Labute approximate surface area is 164 Å². The van der Waals surface area contributed by atoms with E-state index in [4.69, 9.17) is 0 Å². The fourth-order valence-corrected chi connectivity index (χ4v) is 4.51. The zero-order valence-electron chi connectivity index (χ0n) is 15.8. The number of aromatic nitrogens is 1. The molecule has 0 aliphatic heterocycles. The molecular weight excluding hydrogens is 350 g/mol. The number of hydrogen-bond acceptors (Lipinski definition) is 2. The third-order valence-corrected chi connectivity index (χ3v) is 6.00. The second kappa shape index (κ2) is 7.16. The number of aromatic hydroxyl groups is 1. The highest BCUT2D eigenvalue weighted by Crippen LogP contribution is 2.43. The zero-order chi connectivity index (χ0) is 19.0. The summed E-state index contributed by atoms with van der Waals surface area (Å²) in [6.07, 6.45) is 0. The molecular formula is C24H23NOS. The van der Waals surface area contributed by atoms with E-state index in [1.54, 1.807) is 11.8 Å². The van der Waals surface area contributed by atoms with Gasteiger partial charge in [0.25, 0.3) is 0 Å². The highest BCUT2D eigenvalue weighted by molar-refractivity contribution is 7.99. The van der Waals surface area contributed by atoms with Crippen LogP contribution in [0.3, 0.4) is 0 Å². The molecule has 3 heteroatoms. The van der Waals surface area contributed by atoms with Crippen molar-refractivity contribution in [1.82, 2.24) is 4.98 Å². The SMILES string of the molecule is Cc1cc(-c2[nH]c3ccccc3c2Sc2ccccc2)cc(C(C)C)c1O. The van der Waals surface area contributed by atoms with Crippen molar-refractivity contribution >= 4 is 22.7 Å². The van der Waals surface area contributed by atoms with Crippen molar-refractivity contribution in [3.8, 4) is 17.0 Å². The van der Waals surface area contributed by atoms with Gasteiger partial charge < -0.3 is 10.1 Å². The molecule has 0 unspecified atom stereocenters. The number of para-hydroxylation sites is 1. The minimum atomic E-state index is 0.262. The summed E-state index contributed by atoms with van der Waals surface area (Å²) >= 11 is 1.78. The Kier molecular flexibility index (Phi) is 4.71. The van der Waals surface area contributed by atoms with Gasteiger partial charge in [-0.3, -0.25) is 0 Å². The lowest BCUT2D eigenvalue weighted by Gasteiger charge is -2.14. The first kappa shape index (κ1) is 17.7. The van der Waals surface area contributed by atoms with Crippen LogP contribution in [0.5, 0.6) is 5.75 Å². The number of rotatable bonds is 4. The Morgan fingerprint density at radius 2 is 1.63 bits per heavy atom. The number of H-pyrrole nitrogens is 1. The number of phenolic OH excluding ortho intramolecular Hbond substituents is 1. The minimum Gasteiger partial charge on any atom is -0.507 e. The van der Waals surface area contributed by atoms with Gasteiger partial charge in [-0.1, -0.05) is 62.0 Å².